The van der Waals surface area contributed by atoms with Crippen molar-refractivity contribution in [2.45, 2.75) is 14.7 Å². The van der Waals surface area contributed by atoms with Crippen LogP contribution in [-0.2, 0) is 17.4 Å². The van der Waals surface area contributed by atoms with Crippen LogP contribution in [0.1, 0.15) is 21.2 Å². The summed E-state index contributed by atoms with van der Waals surface area (Å²) in [5, 5.41) is 0. The van der Waals surface area contributed by atoms with Crippen LogP contribution in [0.15, 0.2) is 82.2 Å². The van der Waals surface area contributed by atoms with Crippen LogP contribution in [0.2, 0.25) is 4.63 Å². The first-order chi connectivity index (χ1) is 11.1. The van der Waals surface area contributed by atoms with Gasteiger partial charge in [-0.05, 0) is 0 Å². The Morgan fingerprint density at radius 3 is 2.32 bits per heavy atom. The van der Waals surface area contributed by atoms with Crippen molar-refractivity contribution in [3.63, 3.8) is 0 Å². The van der Waals surface area contributed by atoms with Gasteiger partial charge in [0.25, 0.3) is 0 Å². The molecule has 0 amide bonds. The minimum absolute atomic E-state index is 0. The van der Waals surface area contributed by atoms with Crippen molar-refractivity contribution < 1.29 is 17.4 Å². The van der Waals surface area contributed by atoms with Gasteiger partial charge in [0.1, 0.15) is 0 Å². The Labute approximate surface area is 165 Å². The topological polar surface area (TPSA) is 0 Å². The molecule has 0 aliphatic heterocycles. The van der Waals surface area contributed by atoms with Crippen LogP contribution in [0.3, 0.4) is 0 Å². The summed E-state index contributed by atoms with van der Waals surface area (Å²) < 4.78 is 6.53. The molecular formula is C21H24Cl2SiZr. The molecule has 0 spiro atoms. The predicted molar refractivity (Wildman–Crippen MR) is 115 cm³/mol. The second-order valence-electron chi connectivity index (χ2n) is 7.27. The molecule has 130 valence electrons. The molecule has 1 unspecified atom stereocenters. The molecule has 2 aliphatic carbocycles. The number of hydrogen-bond acceptors (Lipinski definition) is 0. The molecule has 0 saturated heterocycles. The predicted octanol–water partition coefficient (Wildman–Crippen LogP) is 5.05. The van der Waals surface area contributed by atoms with E-state index in [1.807, 2.05) is 0 Å². The molecule has 0 radical (unpaired) electrons. The summed E-state index contributed by atoms with van der Waals surface area (Å²) in [5.41, 5.74) is 2.95. The first kappa shape index (κ1) is 20.6. The Hall–Kier alpha value is -0.660. The quantitative estimate of drug-likeness (QED) is 0.555. The van der Waals surface area contributed by atoms with Gasteiger partial charge in [-0.2, -0.15) is 0 Å². The molecule has 0 bridgehead atoms. The average Bonchev–Trinajstić information content (AvgIpc) is 3.26. The molecule has 0 aromatic heterocycles. The number of allylic oxidation sites excluding steroid dienone is 5. The van der Waals surface area contributed by atoms with E-state index in [2.05, 4.69) is 96.5 Å². The summed E-state index contributed by atoms with van der Waals surface area (Å²) in [6.45, 7) is 2.36. The zero-order valence-electron chi connectivity index (χ0n) is 14.4. The Balaban J connectivity index is 0.00000113. The van der Waals surface area contributed by atoms with E-state index in [0.717, 1.165) is 6.42 Å². The van der Waals surface area contributed by atoms with Crippen LogP contribution in [0.4, 0.5) is 0 Å². The van der Waals surface area contributed by atoms with E-state index in [4.69, 9.17) is 0 Å². The number of fused-ring (bicyclic) bond motifs is 1. The molecule has 2 aromatic rings. The van der Waals surface area contributed by atoms with Gasteiger partial charge < -0.3 is 0 Å². The van der Waals surface area contributed by atoms with E-state index in [1.54, 1.807) is 6.55 Å². The fourth-order valence-electron chi connectivity index (χ4n) is 4.36. The van der Waals surface area contributed by atoms with E-state index in [9.17, 15) is 0 Å². The molecular weight excluding hydrogens is 442 g/mol. The summed E-state index contributed by atoms with van der Waals surface area (Å²) >= 11 is -3.38. The molecule has 0 fully saturated rings. The van der Waals surface area contributed by atoms with Crippen LogP contribution >= 0.6 is 24.8 Å². The van der Waals surface area contributed by atoms with Crippen LogP contribution < -0.4 is 3.27 Å². The van der Waals surface area contributed by atoms with Gasteiger partial charge in [0, 0.05) is 0 Å². The molecule has 25 heavy (non-hydrogen) atoms. The third-order valence-electron chi connectivity index (χ3n) is 5.88. The minimum atomic E-state index is -3.38. The second kappa shape index (κ2) is 7.53. The van der Waals surface area contributed by atoms with E-state index >= 15 is 0 Å². The number of benzene rings is 2. The number of halogens is 2. The zero-order chi connectivity index (χ0) is 15.9. The third kappa shape index (κ3) is 3.12. The van der Waals surface area contributed by atoms with Gasteiger partial charge in [-0.1, -0.05) is 0 Å². The Morgan fingerprint density at radius 1 is 0.960 bits per heavy atom. The third-order valence-corrected chi connectivity index (χ3v) is 29.0. The van der Waals surface area contributed by atoms with Crippen LogP contribution in [-0.4, -0.2) is 6.88 Å². The summed E-state index contributed by atoms with van der Waals surface area (Å²) in [5.74, 6) is 0. The Bertz CT molecular complexity index is 928. The first-order valence-corrected chi connectivity index (χ1v) is 20.6. The summed E-state index contributed by atoms with van der Waals surface area (Å²) in [6.07, 6.45) is 13.0. The molecule has 4 heteroatoms. The monoisotopic (exact) mass is 464 g/mol. The van der Waals surface area contributed by atoms with Crippen molar-refractivity contribution in [1.82, 2.24) is 0 Å². The van der Waals surface area contributed by atoms with Crippen molar-refractivity contribution in [2.24, 2.45) is 0 Å². The first-order valence-electron chi connectivity index (χ1n) is 8.34. The SMILES string of the molecule is Cl.Cl.[CH3][Zr](=[SiH2])([C]1=CC=CC1)([c]1ccccc1)[CH]1C=Cc2ccccc21. The molecule has 0 saturated carbocycles. The van der Waals surface area contributed by atoms with Crippen LogP contribution in [0.25, 0.3) is 6.08 Å². The van der Waals surface area contributed by atoms with Crippen molar-refractivity contribution >= 4 is 41.0 Å². The molecule has 0 nitrogen and oxygen atoms in total. The molecule has 4 rings (SSSR count). The van der Waals surface area contributed by atoms with E-state index < -0.39 is 17.4 Å². The summed E-state index contributed by atoms with van der Waals surface area (Å²) in [7, 11) is 0. The van der Waals surface area contributed by atoms with Gasteiger partial charge in [-0.3, -0.25) is 0 Å². The molecule has 0 N–H and O–H groups in total. The van der Waals surface area contributed by atoms with Crippen LogP contribution in [0.5, 0.6) is 0 Å². The van der Waals surface area contributed by atoms with Crippen molar-refractivity contribution in [3.05, 3.63) is 93.3 Å². The zero-order valence-corrected chi connectivity index (χ0v) is 19.9. The van der Waals surface area contributed by atoms with E-state index in [0.29, 0.717) is 3.63 Å². The van der Waals surface area contributed by atoms with E-state index in [-0.39, 0.29) is 24.8 Å². The number of hydrogen-bond donors (Lipinski definition) is 0. The fourth-order valence-corrected chi connectivity index (χ4v) is 22.2. The molecule has 1 atom stereocenters. The maximum absolute atomic E-state index is 3.38. The van der Waals surface area contributed by atoms with Gasteiger partial charge in [0.05, 0.1) is 0 Å². The normalized spacial score (nSPS) is 18.2. The van der Waals surface area contributed by atoms with Gasteiger partial charge in [0.15, 0.2) is 0 Å². The van der Waals surface area contributed by atoms with Gasteiger partial charge in [-0.25, -0.2) is 0 Å². The van der Waals surface area contributed by atoms with E-state index in [1.165, 1.54) is 11.1 Å². The summed E-state index contributed by atoms with van der Waals surface area (Å²) in [6, 6.07) is 20.3. The van der Waals surface area contributed by atoms with Crippen molar-refractivity contribution in [1.29, 1.82) is 0 Å². The maximum atomic E-state index is 2.64. The fraction of sp³-hybridized carbons (Fsp3) is 0.143. The van der Waals surface area contributed by atoms with Gasteiger partial charge in [-0.15, -0.1) is 24.8 Å². The number of rotatable bonds is 3. The molecule has 2 aromatic carbocycles. The van der Waals surface area contributed by atoms with Crippen molar-refractivity contribution in [2.75, 3.05) is 0 Å². The van der Waals surface area contributed by atoms with Gasteiger partial charge >= 0.3 is 142 Å². The van der Waals surface area contributed by atoms with Crippen molar-refractivity contribution in [3.8, 4) is 0 Å². The molecule has 0 heterocycles. The Morgan fingerprint density at radius 2 is 1.64 bits per heavy atom. The Kier molecular flexibility index (Phi) is 6.22. The van der Waals surface area contributed by atoms with Crippen LogP contribution in [0, 0.1) is 0 Å². The standard InChI is InChI=1S/C9H7.C6H5.C5H5.CH3.2ClH.H2Si.Zr/c1-2-5-9-7-3-6-8(9)4-1;1-2-4-6-5-3-1;1-2-4-5-3-1;;;;;/h1-7H;1-5H;1-3H,4H2;1H3;2*1H;1H2;. The molecule has 2 aliphatic rings. The van der Waals surface area contributed by atoms with Gasteiger partial charge in [0.2, 0.25) is 0 Å². The summed E-state index contributed by atoms with van der Waals surface area (Å²) in [4.78, 5) is 0. The second-order valence-corrected chi connectivity index (χ2v) is 33.0. The average molecular weight is 467 g/mol.